The molecule has 2 atom stereocenters. The van der Waals surface area contributed by atoms with Crippen LogP contribution in [0.15, 0.2) is 24.3 Å². The first-order valence-electron chi connectivity index (χ1n) is 5.99. The van der Waals surface area contributed by atoms with Crippen LogP contribution in [0.3, 0.4) is 0 Å². The van der Waals surface area contributed by atoms with Crippen LogP contribution in [-0.4, -0.2) is 18.0 Å². The Morgan fingerprint density at radius 3 is 2.71 bits per heavy atom. The SMILES string of the molecule is N[C@@H]1CCCC[C@H]1NC(=O)c1ccccc1I. The van der Waals surface area contributed by atoms with E-state index in [0.717, 1.165) is 28.4 Å². The number of carbonyl (C=O) groups excluding carboxylic acids is 1. The molecule has 92 valence electrons. The first-order valence-corrected chi connectivity index (χ1v) is 7.07. The van der Waals surface area contributed by atoms with E-state index in [9.17, 15) is 4.79 Å². The van der Waals surface area contributed by atoms with Gasteiger partial charge in [-0.3, -0.25) is 4.79 Å². The Hall–Kier alpha value is -0.620. The minimum atomic E-state index is -0.00245. The summed E-state index contributed by atoms with van der Waals surface area (Å²) < 4.78 is 0.979. The van der Waals surface area contributed by atoms with E-state index in [2.05, 4.69) is 27.9 Å². The quantitative estimate of drug-likeness (QED) is 0.809. The number of amides is 1. The average molecular weight is 344 g/mol. The van der Waals surface area contributed by atoms with E-state index in [1.165, 1.54) is 6.42 Å². The van der Waals surface area contributed by atoms with Gasteiger partial charge in [0.25, 0.3) is 5.91 Å². The minimum absolute atomic E-state index is 0.00245. The molecule has 3 N–H and O–H groups in total. The minimum Gasteiger partial charge on any atom is -0.348 e. The van der Waals surface area contributed by atoms with Gasteiger partial charge in [0.15, 0.2) is 0 Å². The fourth-order valence-corrected chi connectivity index (χ4v) is 2.86. The third kappa shape index (κ3) is 3.19. The molecular formula is C13H17IN2O. The smallest absolute Gasteiger partial charge is 0.252 e. The normalized spacial score (nSPS) is 24.4. The highest BCUT2D eigenvalue weighted by Crippen LogP contribution is 2.18. The molecule has 1 amide bonds. The maximum absolute atomic E-state index is 12.1. The van der Waals surface area contributed by atoms with Crippen molar-refractivity contribution in [2.45, 2.75) is 37.8 Å². The van der Waals surface area contributed by atoms with Crippen molar-refractivity contribution in [3.8, 4) is 0 Å². The van der Waals surface area contributed by atoms with Crippen LogP contribution in [0.1, 0.15) is 36.0 Å². The molecule has 1 aliphatic rings. The second kappa shape index (κ2) is 5.82. The topological polar surface area (TPSA) is 55.1 Å². The van der Waals surface area contributed by atoms with E-state index in [0.29, 0.717) is 0 Å². The molecule has 0 aromatic heterocycles. The van der Waals surface area contributed by atoms with Crippen LogP contribution in [0.25, 0.3) is 0 Å². The number of benzene rings is 1. The van der Waals surface area contributed by atoms with Crippen LogP contribution >= 0.6 is 22.6 Å². The molecule has 2 rings (SSSR count). The van der Waals surface area contributed by atoms with Gasteiger partial charge in [-0.1, -0.05) is 25.0 Å². The van der Waals surface area contributed by atoms with E-state index in [4.69, 9.17) is 5.73 Å². The summed E-state index contributed by atoms with van der Waals surface area (Å²) in [7, 11) is 0. The van der Waals surface area contributed by atoms with E-state index in [1.807, 2.05) is 24.3 Å². The van der Waals surface area contributed by atoms with E-state index in [1.54, 1.807) is 0 Å². The summed E-state index contributed by atoms with van der Waals surface area (Å²) in [4.78, 5) is 12.1. The van der Waals surface area contributed by atoms with E-state index >= 15 is 0 Å². The van der Waals surface area contributed by atoms with Gasteiger partial charge in [-0.25, -0.2) is 0 Å². The standard InChI is InChI=1S/C13H17IN2O/c14-10-6-2-1-5-9(10)13(17)16-12-8-4-3-7-11(12)15/h1-2,5-6,11-12H,3-4,7-8,15H2,(H,16,17)/t11-,12-/m1/s1. The molecule has 0 saturated heterocycles. The van der Waals surface area contributed by atoms with Gasteiger partial charge in [-0.15, -0.1) is 0 Å². The first-order chi connectivity index (χ1) is 8.18. The Labute approximate surface area is 115 Å². The zero-order chi connectivity index (χ0) is 12.3. The fourth-order valence-electron chi connectivity index (χ4n) is 2.23. The van der Waals surface area contributed by atoms with Gasteiger partial charge in [0.05, 0.1) is 5.56 Å². The molecular weight excluding hydrogens is 327 g/mol. The van der Waals surface area contributed by atoms with Crippen molar-refractivity contribution >= 4 is 28.5 Å². The van der Waals surface area contributed by atoms with Crippen LogP contribution in [-0.2, 0) is 0 Å². The first kappa shape index (κ1) is 12.8. The number of rotatable bonds is 2. The van der Waals surface area contributed by atoms with Gasteiger partial charge in [-0.05, 0) is 47.6 Å². The second-order valence-electron chi connectivity index (χ2n) is 4.51. The molecule has 4 heteroatoms. The molecule has 3 nitrogen and oxygen atoms in total. The number of nitrogens with one attached hydrogen (secondary N) is 1. The number of nitrogens with two attached hydrogens (primary N) is 1. The van der Waals surface area contributed by atoms with E-state index in [-0.39, 0.29) is 18.0 Å². The van der Waals surface area contributed by atoms with E-state index < -0.39 is 0 Å². The Balaban J connectivity index is 2.04. The van der Waals surface area contributed by atoms with Gasteiger partial charge in [0.1, 0.15) is 0 Å². The lowest BCUT2D eigenvalue weighted by molar-refractivity contribution is 0.0920. The van der Waals surface area contributed by atoms with Crippen LogP contribution in [0.5, 0.6) is 0 Å². The zero-order valence-electron chi connectivity index (χ0n) is 9.66. The predicted molar refractivity (Wildman–Crippen MR) is 76.9 cm³/mol. The van der Waals surface area contributed by atoms with Crippen LogP contribution < -0.4 is 11.1 Å². The van der Waals surface area contributed by atoms with Gasteiger partial charge in [0.2, 0.25) is 0 Å². The molecule has 0 heterocycles. The summed E-state index contributed by atoms with van der Waals surface area (Å²) in [6.07, 6.45) is 4.34. The molecule has 0 radical (unpaired) electrons. The monoisotopic (exact) mass is 344 g/mol. The van der Waals surface area contributed by atoms with Crippen molar-refractivity contribution in [3.63, 3.8) is 0 Å². The lowest BCUT2D eigenvalue weighted by Gasteiger charge is -2.29. The summed E-state index contributed by atoms with van der Waals surface area (Å²) in [5.74, 6) is -0.00245. The summed E-state index contributed by atoms with van der Waals surface area (Å²) in [5, 5.41) is 3.06. The number of hydrogen-bond acceptors (Lipinski definition) is 2. The second-order valence-corrected chi connectivity index (χ2v) is 5.67. The summed E-state index contributed by atoms with van der Waals surface area (Å²) >= 11 is 2.18. The maximum atomic E-state index is 12.1. The van der Waals surface area contributed by atoms with Crippen LogP contribution in [0, 0.1) is 3.57 Å². The Morgan fingerprint density at radius 2 is 2.00 bits per heavy atom. The Bertz CT molecular complexity index is 408. The molecule has 1 aromatic rings. The molecule has 1 saturated carbocycles. The highest BCUT2D eigenvalue weighted by atomic mass is 127. The van der Waals surface area contributed by atoms with Crippen molar-refractivity contribution in [1.29, 1.82) is 0 Å². The molecule has 0 aliphatic heterocycles. The predicted octanol–water partition coefficient (Wildman–Crippen LogP) is 2.29. The van der Waals surface area contributed by atoms with Crippen molar-refractivity contribution in [3.05, 3.63) is 33.4 Å². The molecule has 0 bridgehead atoms. The van der Waals surface area contributed by atoms with Gasteiger partial charge in [0, 0.05) is 15.7 Å². The number of halogens is 1. The summed E-state index contributed by atoms with van der Waals surface area (Å²) in [6.45, 7) is 0. The lowest BCUT2D eigenvalue weighted by atomic mass is 9.91. The molecule has 1 aromatic carbocycles. The third-order valence-corrected chi connectivity index (χ3v) is 4.20. The third-order valence-electron chi connectivity index (χ3n) is 3.25. The zero-order valence-corrected chi connectivity index (χ0v) is 11.8. The van der Waals surface area contributed by atoms with Crippen molar-refractivity contribution < 1.29 is 4.79 Å². The molecule has 0 unspecified atom stereocenters. The van der Waals surface area contributed by atoms with Crippen molar-refractivity contribution in [1.82, 2.24) is 5.32 Å². The highest BCUT2D eigenvalue weighted by Gasteiger charge is 2.24. The van der Waals surface area contributed by atoms with Gasteiger partial charge >= 0.3 is 0 Å². The molecule has 17 heavy (non-hydrogen) atoms. The fraction of sp³-hybridized carbons (Fsp3) is 0.462. The molecule has 1 fully saturated rings. The Morgan fingerprint density at radius 1 is 1.29 bits per heavy atom. The van der Waals surface area contributed by atoms with Gasteiger partial charge < -0.3 is 11.1 Å². The number of hydrogen-bond donors (Lipinski definition) is 2. The lowest BCUT2D eigenvalue weighted by Crippen LogP contribution is -2.49. The van der Waals surface area contributed by atoms with Crippen molar-refractivity contribution in [2.75, 3.05) is 0 Å². The summed E-state index contributed by atoms with van der Waals surface area (Å²) in [6, 6.07) is 7.85. The molecule has 1 aliphatic carbocycles. The Kier molecular flexibility index (Phi) is 4.39. The maximum Gasteiger partial charge on any atom is 0.252 e. The van der Waals surface area contributed by atoms with Crippen LogP contribution in [0.4, 0.5) is 0 Å². The number of carbonyl (C=O) groups is 1. The average Bonchev–Trinajstić information content (AvgIpc) is 2.32. The highest BCUT2D eigenvalue weighted by molar-refractivity contribution is 14.1. The summed E-state index contributed by atoms with van der Waals surface area (Å²) in [5.41, 5.74) is 6.77. The molecule has 0 spiro atoms. The van der Waals surface area contributed by atoms with Crippen molar-refractivity contribution in [2.24, 2.45) is 5.73 Å². The van der Waals surface area contributed by atoms with Crippen LogP contribution in [0.2, 0.25) is 0 Å². The van der Waals surface area contributed by atoms with Gasteiger partial charge in [-0.2, -0.15) is 0 Å². The largest absolute Gasteiger partial charge is 0.348 e.